The summed E-state index contributed by atoms with van der Waals surface area (Å²) >= 11 is 0. The van der Waals surface area contributed by atoms with Crippen LogP contribution >= 0.6 is 0 Å². The van der Waals surface area contributed by atoms with Crippen LogP contribution in [0.15, 0.2) is 205 Å². The van der Waals surface area contributed by atoms with Gasteiger partial charge in [0.25, 0.3) is 0 Å². The molecule has 4 heteroatoms. The van der Waals surface area contributed by atoms with Crippen molar-refractivity contribution in [3.05, 3.63) is 200 Å². The maximum absolute atomic E-state index is 6.60. The average Bonchev–Trinajstić information content (AvgIpc) is 3.65. The zero-order chi connectivity index (χ0) is 34.0. The second kappa shape index (κ2) is 13.2. The van der Waals surface area contributed by atoms with Crippen molar-refractivity contribution >= 4 is 56.0 Å². The lowest BCUT2D eigenvalue weighted by Crippen LogP contribution is -2.11. The minimum absolute atomic E-state index is 0.594. The minimum atomic E-state index is 0.594. The lowest BCUT2D eigenvalue weighted by atomic mass is 10.0. The fraction of sp³-hybridized carbons (Fsp3) is 0. The van der Waals surface area contributed by atoms with Gasteiger partial charge in [-0.1, -0.05) is 121 Å². The summed E-state index contributed by atoms with van der Waals surface area (Å²) in [5.41, 5.74) is 11.1. The Labute approximate surface area is 297 Å². The Bertz CT molecular complexity index is 2510. The van der Waals surface area contributed by atoms with E-state index in [1.165, 1.54) is 11.1 Å². The van der Waals surface area contributed by atoms with Crippen molar-refractivity contribution in [3.63, 3.8) is 0 Å². The molecule has 0 bridgehead atoms. The molecule has 9 aromatic rings. The summed E-state index contributed by atoms with van der Waals surface area (Å²) in [6, 6.07) is 69.7. The van der Waals surface area contributed by atoms with E-state index in [-0.39, 0.29) is 0 Å². The molecule has 0 aliphatic heterocycles. The van der Waals surface area contributed by atoms with Crippen molar-refractivity contribution in [2.24, 2.45) is 0 Å². The molecule has 0 amide bonds. The summed E-state index contributed by atoms with van der Waals surface area (Å²) in [5.74, 6) is 0.594. The van der Waals surface area contributed by atoms with Gasteiger partial charge in [0.2, 0.25) is 5.89 Å². The molecule has 0 saturated heterocycles. The molecule has 0 aliphatic carbocycles. The molecular formula is C47H33N3O. The van der Waals surface area contributed by atoms with E-state index in [1.54, 1.807) is 0 Å². The maximum Gasteiger partial charge on any atom is 0.227 e. The van der Waals surface area contributed by atoms with Gasteiger partial charge in [0, 0.05) is 50.8 Å². The summed E-state index contributed by atoms with van der Waals surface area (Å²) in [4.78, 5) is 9.74. The van der Waals surface area contributed by atoms with Crippen LogP contribution in [0.2, 0.25) is 0 Å². The fourth-order valence-corrected chi connectivity index (χ4v) is 6.84. The summed E-state index contributed by atoms with van der Waals surface area (Å²) in [6.07, 6.45) is 0. The lowest BCUT2D eigenvalue weighted by Gasteiger charge is -2.28. The molecule has 0 atom stereocenters. The fourth-order valence-electron chi connectivity index (χ4n) is 6.84. The number of hydrogen-bond acceptors (Lipinski definition) is 4. The van der Waals surface area contributed by atoms with Gasteiger partial charge in [-0.25, -0.2) is 4.98 Å². The smallest absolute Gasteiger partial charge is 0.227 e. The number of benzene rings is 8. The minimum Gasteiger partial charge on any atom is -0.436 e. The van der Waals surface area contributed by atoms with Crippen LogP contribution in [0.25, 0.3) is 44.5 Å². The molecule has 8 aromatic carbocycles. The second-order valence-electron chi connectivity index (χ2n) is 12.4. The highest BCUT2D eigenvalue weighted by atomic mass is 16.3. The lowest BCUT2D eigenvalue weighted by molar-refractivity contribution is 0.620. The van der Waals surface area contributed by atoms with Crippen LogP contribution in [-0.2, 0) is 0 Å². The third kappa shape index (κ3) is 5.79. The number of fused-ring (bicyclic) bond motifs is 3. The first-order valence-electron chi connectivity index (χ1n) is 17.1. The Morgan fingerprint density at radius 3 is 1.37 bits per heavy atom. The maximum atomic E-state index is 6.60. The quantitative estimate of drug-likeness (QED) is 0.163. The molecule has 0 fully saturated rings. The van der Waals surface area contributed by atoms with Gasteiger partial charge in [-0.2, -0.15) is 0 Å². The molecule has 0 spiro atoms. The van der Waals surface area contributed by atoms with Crippen LogP contribution in [-0.4, -0.2) is 4.98 Å². The molecule has 1 aromatic heterocycles. The zero-order valence-electron chi connectivity index (χ0n) is 27.8. The summed E-state index contributed by atoms with van der Waals surface area (Å²) in [6.45, 7) is 0. The Morgan fingerprint density at radius 1 is 0.353 bits per heavy atom. The van der Waals surface area contributed by atoms with Gasteiger partial charge in [-0.05, 0) is 83.9 Å². The standard InChI is InChI=1S/C47H33N3O/c1-6-16-34(17-7-1)35-26-28-40(29-27-35)49(37-20-10-3-11-21-37)41-30-31-42-43(32-41)46-45(51-47(48-46)36-18-8-2-9-19-36)33-44(42)50(38-22-12-4-13-23-38)39-24-14-5-15-25-39/h1-33H. The van der Waals surface area contributed by atoms with E-state index in [9.17, 15) is 0 Å². The highest BCUT2D eigenvalue weighted by molar-refractivity contribution is 6.13. The van der Waals surface area contributed by atoms with Gasteiger partial charge in [0.1, 0.15) is 5.52 Å². The van der Waals surface area contributed by atoms with Crippen LogP contribution in [0.5, 0.6) is 0 Å². The molecule has 0 N–H and O–H groups in total. The molecule has 242 valence electrons. The number of para-hydroxylation sites is 3. The average molecular weight is 656 g/mol. The first kappa shape index (κ1) is 30.2. The number of hydrogen-bond donors (Lipinski definition) is 0. The van der Waals surface area contributed by atoms with Crippen molar-refractivity contribution in [3.8, 4) is 22.6 Å². The number of oxazole rings is 1. The van der Waals surface area contributed by atoms with Crippen LogP contribution in [0, 0.1) is 0 Å². The Hall–Kier alpha value is -6.91. The van der Waals surface area contributed by atoms with Gasteiger partial charge < -0.3 is 14.2 Å². The summed E-state index contributed by atoms with van der Waals surface area (Å²) in [5, 5.41) is 2.07. The largest absolute Gasteiger partial charge is 0.436 e. The molecule has 0 unspecified atom stereocenters. The number of nitrogens with zero attached hydrogens (tertiary/aromatic N) is 3. The van der Waals surface area contributed by atoms with Crippen molar-refractivity contribution in [2.45, 2.75) is 0 Å². The van der Waals surface area contributed by atoms with Crippen molar-refractivity contribution in [1.29, 1.82) is 0 Å². The van der Waals surface area contributed by atoms with Crippen molar-refractivity contribution < 1.29 is 4.42 Å². The van der Waals surface area contributed by atoms with Gasteiger partial charge in [0.15, 0.2) is 5.58 Å². The van der Waals surface area contributed by atoms with Gasteiger partial charge in [-0.15, -0.1) is 0 Å². The third-order valence-electron chi connectivity index (χ3n) is 9.25. The molecule has 0 aliphatic rings. The Morgan fingerprint density at radius 2 is 0.804 bits per heavy atom. The highest BCUT2D eigenvalue weighted by Gasteiger charge is 2.22. The van der Waals surface area contributed by atoms with Crippen molar-refractivity contribution in [1.82, 2.24) is 4.98 Å². The van der Waals surface area contributed by atoms with E-state index >= 15 is 0 Å². The Balaban J connectivity index is 1.28. The van der Waals surface area contributed by atoms with Crippen molar-refractivity contribution in [2.75, 3.05) is 9.80 Å². The van der Waals surface area contributed by atoms with E-state index in [1.807, 2.05) is 48.5 Å². The number of rotatable bonds is 8. The van der Waals surface area contributed by atoms with Gasteiger partial charge >= 0.3 is 0 Å². The first-order chi connectivity index (χ1) is 25.3. The van der Waals surface area contributed by atoms with Gasteiger partial charge in [-0.3, -0.25) is 0 Å². The van der Waals surface area contributed by atoms with Crippen LogP contribution in [0.3, 0.4) is 0 Å². The SMILES string of the molecule is c1ccc(-c2ccc(N(c3ccccc3)c3ccc4c(N(c5ccccc5)c5ccccc5)cc5oc(-c6ccccc6)nc5c4c3)cc2)cc1. The molecule has 1 heterocycles. The van der Waals surface area contributed by atoms with Crippen LogP contribution in [0.1, 0.15) is 0 Å². The Kier molecular flexibility index (Phi) is 7.80. The normalized spacial score (nSPS) is 11.1. The second-order valence-corrected chi connectivity index (χ2v) is 12.4. The molecule has 0 radical (unpaired) electrons. The summed E-state index contributed by atoms with van der Waals surface area (Å²) < 4.78 is 6.60. The number of aromatic nitrogens is 1. The zero-order valence-corrected chi connectivity index (χ0v) is 27.8. The molecule has 0 saturated carbocycles. The van der Waals surface area contributed by atoms with Gasteiger partial charge in [0.05, 0.1) is 5.69 Å². The predicted molar refractivity (Wildman–Crippen MR) is 212 cm³/mol. The topological polar surface area (TPSA) is 32.5 Å². The van der Waals surface area contributed by atoms with E-state index in [2.05, 4.69) is 161 Å². The molecular weight excluding hydrogens is 623 g/mol. The summed E-state index contributed by atoms with van der Waals surface area (Å²) in [7, 11) is 0. The predicted octanol–water partition coefficient (Wildman–Crippen LogP) is 13.3. The monoisotopic (exact) mass is 655 g/mol. The van der Waals surface area contributed by atoms with E-state index in [4.69, 9.17) is 9.40 Å². The first-order valence-corrected chi connectivity index (χ1v) is 17.1. The van der Waals surface area contributed by atoms with E-state index < -0.39 is 0 Å². The highest BCUT2D eigenvalue weighted by Crippen LogP contribution is 2.45. The molecule has 4 nitrogen and oxygen atoms in total. The molecule has 9 rings (SSSR count). The van der Waals surface area contributed by atoms with Crippen LogP contribution in [0.4, 0.5) is 34.1 Å². The van der Waals surface area contributed by atoms with E-state index in [0.717, 1.165) is 61.6 Å². The molecule has 51 heavy (non-hydrogen) atoms. The number of anilines is 6. The van der Waals surface area contributed by atoms with E-state index in [0.29, 0.717) is 5.89 Å². The van der Waals surface area contributed by atoms with Crippen LogP contribution < -0.4 is 9.80 Å². The third-order valence-corrected chi connectivity index (χ3v) is 9.25.